The Kier molecular flexibility index (Phi) is 4.20. The molecule has 1 aliphatic rings. The summed E-state index contributed by atoms with van der Waals surface area (Å²) in [6, 6.07) is 3.50. The van der Waals surface area contributed by atoms with Crippen molar-refractivity contribution in [1.29, 1.82) is 0 Å². The number of nitro benzene ring substituents is 1. The second-order valence-electron chi connectivity index (χ2n) is 5.68. The minimum absolute atomic E-state index is 0.0204. The SMILES string of the molecule is CC(C)CN(C1CC1)S(=O)(=O)c1ccc([N+](=O)[O-])cc1N. The van der Waals surface area contributed by atoms with Crippen LogP contribution in [0.15, 0.2) is 23.1 Å². The molecule has 0 spiro atoms. The van der Waals surface area contributed by atoms with Crippen LogP contribution in [0.1, 0.15) is 26.7 Å². The number of benzene rings is 1. The molecule has 1 aromatic rings. The van der Waals surface area contributed by atoms with Crippen molar-refractivity contribution in [2.24, 2.45) is 5.92 Å². The molecular formula is C13H19N3O4S. The summed E-state index contributed by atoms with van der Waals surface area (Å²) in [6.45, 7) is 4.32. The molecule has 8 heteroatoms. The van der Waals surface area contributed by atoms with Crippen LogP contribution in [-0.2, 0) is 10.0 Å². The Balaban J connectivity index is 2.40. The number of nitrogens with zero attached hydrogens (tertiary/aromatic N) is 2. The molecule has 1 fully saturated rings. The lowest BCUT2D eigenvalue weighted by atomic mass is 10.2. The minimum atomic E-state index is -3.72. The summed E-state index contributed by atoms with van der Waals surface area (Å²) in [5.74, 6) is 0.194. The predicted octanol–water partition coefficient (Wildman–Crippen LogP) is 1.99. The van der Waals surface area contributed by atoms with E-state index in [1.807, 2.05) is 13.8 Å². The number of nitrogens with two attached hydrogens (primary N) is 1. The molecule has 21 heavy (non-hydrogen) atoms. The second-order valence-corrected chi connectivity index (χ2v) is 7.54. The first-order valence-corrected chi connectivity index (χ1v) is 8.23. The molecule has 2 rings (SSSR count). The van der Waals surface area contributed by atoms with E-state index in [-0.39, 0.29) is 28.2 Å². The summed E-state index contributed by atoms with van der Waals surface area (Å²) in [5.41, 5.74) is 5.42. The summed E-state index contributed by atoms with van der Waals surface area (Å²) in [7, 11) is -3.72. The van der Waals surface area contributed by atoms with Crippen LogP contribution in [0.4, 0.5) is 11.4 Å². The van der Waals surface area contributed by atoms with Gasteiger partial charge >= 0.3 is 0 Å². The predicted molar refractivity (Wildman–Crippen MR) is 79.3 cm³/mol. The average Bonchev–Trinajstić information content (AvgIpc) is 3.19. The van der Waals surface area contributed by atoms with Gasteiger partial charge in [-0.1, -0.05) is 13.8 Å². The van der Waals surface area contributed by atoms with Gasteiger partial charge < -0.3 is 5.73 Å². The third-order valence-electron chi connectivity index (χ3n) is 3.29. The van der Waals surface area contributed by atoms with Crippen LogP contribution < -0.4 is 5.73 Å². The maximum Gasteiger partial charge on any atom is 0.271 e. The third kappa shape index (κ3) is 3.33. The van der Waals surface area contributed by atoms with Gasteiger partial charge in [0.15, 0.2) is 0 Å². The smallest absolute Gasteiger partial charge is 0.271 e. The molecule has 0 radical (unpaired) electrons. The van der Waals surface area contributed by atoms with Gasteiger partial charge in [-0.05, 0) is 24.8 Å². The molecule has 0 unspecified atom stereocenters. The molecular weight excluding hydrogens is 294 g/mol. The third-order valence-corrected chi connectivity index (χ3v) is 5.28. The van der Waals surface area contributed by atoms with Crippen molar-refractivity contribution in [3.63, 3.8) is 0 Å². The van der Waals surface area contributed by atoms with E-state index in [1.54, 1.807) is 0 Å². The maximum absolute atomic E-state index is 12.7. The van der Waals surface area contributed by atoms with Gasteiger partial charge in [0.1, 0.15) is 4.90 Å². The van der Waals surface area contributed by atoms with Crippen LogP contribution in [0.2, 0.25) is 0 Å². The highest BCUT2D eigenvalue weighted by Crippen LogP contribution is 2.35. The average molecular weight is 313 g/mol. The lowest BCUT2D eigenvalue weighted by Gasteiger charge is -2.24. The Morgan fingerprint density at radius 2 is 2.05 bits per heavy atom. The highest BCUT2D eigenvalue weighted by molar-refractivity contribution is 7.89. The molecule has 2 N–H and O–H groups in total. The van der Waals surface area contributed by atoms with Crippen molar-refractivity contribution in [2.75, 3.05) is 12.3 Å². The summed E-state index contributed by atoms with van der Waals surface area (Å²) in [5, 5.41) is 10.7. The molecule has 0 bridgehead atoms. The van der Waals surface area contributed by atoms with Crippen LogP contribution in [0.5, 0.6) is 0 Å². The second kappa shape index (κ2) is 5.61. The molecule has 0 atom stereocenters. The van der Waals surface area contributed by atoms with Gasteiger partial charge in [-0.25, -0.2) is 8.42 Å². The number of non-ortho nitro benzene ring substituents is 1. The number of nitro groups is 1. The summed E-state index contributed by atoms with van der Waals surface area (Å²) >= 11 is 0. The van der Waals surface area contributed by atoms with Crippen molar-refractivity contribution in [1.82, 2.24) is 4.31 Å². The summed E-state index contributed by atoms with van der Waals surface area (Å²) < 4.78 is 26.9. The highest BCUT2D eigenvalue weighted by Gasteiger charge is 2.39. The monoisotopic (exact) mass is 313 g/mol. The van der Waals surface area contributed by atoms with Crippen molar-refractivity contribution < 1.29 is 13.3 Å². The summed E-state index contributed by atoms with van der Waals surface area (Å²) in [4.78, 5) is 10.0. The van der Waals surface area contributed by atoms with E-state index in [1.165, 1.54) is 16.4 Å². The zero-order valence-corrected chi connectivity index (χ0v) is 12.8. The van der Waals surface area contributed by atoms with Crippen LogP contribution in [0, 0.1) is 16.0 Å². The molecule has 0 saturated heterocycles. The molecule has 116 valence electrons. The first kappa shape index (κ1) is 15.7. The minimum Gasteiger partial charge on any atom is -0.397 e. The first-order valence-electron chi connectivity index (χ1n) is 6.79. The fourth-order valence-electron chi connectivity index (χ4n) is 2.18. The lowest BCUT2D eigenvalue weighted by molar-refractivity contribution is -0.384. The van der Waals surface area contributed by atoms with Gasteiger partial charge in [-0.3, -0.25) is 10.1 Å². The van der Waals surface area contributed by atoms with Crippen LogP contribution in [-0.4, -0.2) is 30.2 Å². The molecule has 0 aromatic heterocycles. The van der Waals surface area contributed by atoms with Gasteiger partial charge in [0.05, 0.1) is 10.6 Å². The van der Waals surface area contributed by atoms with Crippen LogP contribution in [0.3, 0.4) is 0 Å². The molecule has 1 saturated carbocycles. The van der Waals surface area contributed by atoms with Crippen molar-refractivity contribution in [3.8, 4) is 0 Å². The van der Waals surface area contributed by atoms with E-state index >= 15 is 0 Å². The largest absolute Gasteiger partial charge is 0.397 e. The first-order chi connectivity index (χ1) is 9.73. The molecule has 0 heterocycles. The van der Waals surface area contributed by atoms with E-state index in [0.717, 1.165) is 18.9 Å². The van der Waals surface area contributed by atoms with Gasteiger partial charge in [-0.15, -0.1) is 0 Å². The quantitative estimate of drug-likeness (QED) is 0.491. The van der Waals surface area contributed by atoms with Gasteiger partial charge in [0, 0.05) is 24.7 Å². The fraction of sp³-hybridized carbons (Fsp3) is 0.538. The maximum atomic E-state index is 12.7. The Morgan fingerprint density at radius 1 is 1.43 bits per heavy atom. The number of sulfonamides is 1. The van der Waals surface area contributed by atoms with E-state index < -0.39 is 14.9 Å². The van der Waals surface area contributed by atoms with Crippen molar-refractivity contribution in [3.05, 3.63) is 28.3 Å². The molecule has 1 aromatic carbocycles. The summed E-state index contributed by atoms with van der Waals surface area (Å²) in [6.07, 6.45) is 1.69. The van der Waals surface area contributed by atoms with E-state index in [0.29, 0.717) is 6.54 Å². The Hall–Kier alpha value is -1.67. The number of hydrogen-bond donors (Lipinski definition) is 1. The Labute approximate surface area is 123 Å². The van der Waals surface area contributed by atoms with E-state index in [4.69, 9.17) is 5.73 Å². The van der Waals surface area contributed by atoms with Crippen LogP contribution in [0.25, 0.3) is 0 Å². The zero-order valence-electron chi connectivity index (χ0n) is 12.0. The molecule has 0 amide bonds. The standard InChI is InChI=1S/C13H19N3O4S/c1-9(2)8-15(10-3-4-10)21(19,20)13-6-5-11(16(17)18)7-12(13)14/h5-7,9-10H,3-4,8,14H2,1-2H3. The van der Waals surface area contributed by atoms with Crippen molar-refractivity contribution >= 4 is 21.4 Å². The van der Waals surface area contributed by atoms with Gasteiger partial charge in [0.2, 0.25) is 10.0 Å². The van der Waals surface area contributed by atoms with E-state index in [9.17, 15) is 18.5 Å². The van der Waals surface area contributed by atoms with Crippen molar-refractivity contribution in [2.45, 2.75) is 37.6 Å². The number of nitrogen functional groups attached to an aromatic ring is 1. The Morgan fingerprint density at radius 3 is 2.48 bits per heavy atom. The fourth-order valence-corrected chi connectivity index (χ4v) is 4.12. The molecule has 7 nitrogen and oxygen atoms in total. The Bertz CT molecular complexity index is 653. The van der Waals surface area contributed by atoms with Gasteiger partial charge in [0.25, 0.3) is 5.69 Å². The van der Waals surface area contributed by atoms with Crippen LogP contribution >= 0.6 is 0 Å². The lowest BCUT2D eigenvalue weighted by Crippen LogP contribution is -2.36. The topological polar surface area (TPSA) is 107 Å². The number of rotatable bonds is 6. The normalized spacial score (nSPS) is 15.6. The van der Waals surface area contributed by atoms with E-state index in [2.05, 4.69) is 0 Å². The number of hydrogen-bond acceptors (Lipinski definition) is 5. The molecule has 0 aliphatic heterocycles. The molecule has 1 aliphatic carbocycles. The zero-order chi connectivity index (χ0) is 15.8. The van der Waals surface area contributed by atoms with Gasteiger partial charge in [-0.2, -0.15) is 4.31 Å². The highest BCUT2D eigenvalue weighted by atomic mass is 32.2. The number of anilines is 1.